The van der Waals surface area contributed by atoms with E-state index in [2.05, 4.69) is 13.8 Å². The van der Waals surface area contributed by atoms with Gasteiger partial charge in [-0.15, -0.1) is 0 Å². The molecule has 3 heteroatoms. The molecule has 0 amide bonds. The van der Waals surface area contributed by atoms with Crippen LogP contribution in [0, 0.1) is 6.92 Å². The van der Waals surface area contributed by atoms with Crippen LogP contribution in [0.3, 0.4) is 0 Å². The molecule has 0 aliphatic rings. The lowest BCUT2D eigenvalue weighted by molar-refractivity contribution is 0.583. The van der Waals surface area contributed by atoms with Gasteiger partial charge in [0.15, 0.2) is 9.84 Å². The average molecular weight is 267 g/mol. The van der Waals surface area contributed by atoms with Crippen molar-refractivity contribution < 1.29 is 8.42 Å². The van der Waals surface area contributed by atoms with E-state index < -0.39 is 9.84 Å². The van der Waals surface area contributed by atoms with Gasteiger partial charge in [0.25, 0.3) is 0 Å². The van der Waals surface area contributed by atoms with Gasteiger partial charge in [0, 0.05) is 0 Å². The number of hydrogen-bond acceptors (Lipinski definition) is 2. The summed E-state index contributed by atoms with van der Waals surface area (Å²) in [5, 5.41) is 0. The molecule has 2 nitrogen and oxygen atoms in total. The zero-order chi connectivity index (χ0) is 13.4. The Kier molecular flexibility index (Phi) is 6.41. The van der Waals surface area contributed by atoms with Gasteiger partial charge >= 0.3 is 0 Å². The summed E-state index contributed by atoms with van der Waals surface area (Å²) >= 11 is 0. The fraction of sp³-hybridized carbons (Fsp3) is 0.533. The first-order valence-electron chi connectivity index (χ1n) is 6.71. The van der Waals surface area contributed by atoms with Gasteiger partial charge in [-0.1, -0.05) is 57.2 Å². The summed E-state index contributed by atoms with van der Waals surface area (Å²) in [5.41, 5.74) is 0.600. The van der Waals surface area contributed by atoms with E-state index in [4.69, 9.17) is 0 Å². The molecule has 18 heavy (non-hydrogen) atoms. The number of benzene rings is 1. The third kappa shape index (κ3) is 4.81. The molecule has 0 heterocycles. The fourth-order valence-corrected chi connectivity index (χ4v) is 3.55. The third-order valence-electron chi connectivity index (χ3n) is 3.07. The lowest BCUT2D eigenvalue weighted by atomic mass is 10.1. The Hall–Kier alpha value is -0.830. The van der Waals surface area contributed by atoms with Crippen LogP contribution in [0.25, 0.3) is 0 Å². The van der Waals surface area contributed by atoms with Crippen LogP contribution in [0.15, 0.2) is 29.2 Å². The lowest BCUT2D eigenvalue weighted by Gasteiger charge is -2.07. The van der Waals surface area contributed by atoms with E-state index in [0.717, 1.165) is 19.3 Å². The molecule has 0 spiro atoms. The zero-order valence-electron chi connectivity index (χ0n) is 11.2. The van der Waals surface area contributed by atoms with Gasteiger partial charge in [0.05, 0.1) is 10.6 Å². The van der Waals surface area contributed by atoms with Crippen LogP contribution in [0.1, 0.15) is 51.0 Å². The second kappa shape index (κ2) is 7.57. The summed E-state index contributed by atoms with van der Waals surface area (Å²) in [6, 6.07) is 6.96. The molecule has 0 aliphatic heterocycles. The molecule has 101 valence electrons. The quantitative estimate of drug-likeness (QED) is 0.667. The van der Waals surface area contributed by atoms with Crippen LogP contribution < -0.4 is 0 Å². The van der Waals surface area contributed by atoms with E-state index in [1.165, 1.54) is 19.3 Å². The Morgan fingerprint density at radius 1 is 1.00 bits per heavy atom. The van der Waals surface area contributed by atoms with E-state index in [0.29, 0.717) is 10.5 Å². The van der Waals surface area contributed by atoms with Crippen molar-refractivity contribution in [2.45, 2.75) is 50.3 Å². The molecular formula is C15H23O2S. The Morgan fingerprint density at radius 3 is 2.28 bits per heavy atom. The maximum Gasteiger partial charge on any atom is 0.178 e. The molecule has 0 aromatic heterocycles. The highest BCUT2D eigenvalue weighted by Gasteiger charge is 2.15. The molecule has 0 atom stereocenters. The predicted octanol–water partition coefficient (Wildman–Crippen LogP) is 4.00. The molecule has 0 saturated heterocycles. The zero-order valence-corrected chi connectivity index (χ0v) is 12.0. The highest BCUT2D eigenvalue weighted by molar-refractivity contribution is 7.91. The van der Waals surface area contributed by atoms with E-state index in [1.54, 1.807) is 18.2 Å². The molecule has 0 unspecified atom stereocenters. The molecule has 0 fully saturated rings. The Bertz CT molecular complexity index is 449. The van der Waals surface area contributed by atoms with Crippen LogP contribution in [0.4, 0.5) is 0 Å². The molecule has 0 N–H and O–H groups in total. The topological polar surface area (TPSA) is 34.1 Å². The third-order valence-corrected chi connectivity index (χ3v) is 4.97. The average Bonchev–Trinajstić information content (AvgIpc) is 2.34. The Morgan fingerprint density at radius 2 is 1.61 bits per heavy atom. The monoisotopic (exact) mass is 267 g/mol. The normalized spacial score (nSPS) is 11.7. The molecular weight excluding hydrogens is 244 g/mol. The van der Waals surface area contributed by atoms with Crippen LogP contribution >= 0.6 is 0 Å². The van der Waals surface area contributed by atoms with Crippen molar-refractivity contribution in [1.29, 1.82) is 0 Å². The molecule has 1 radical (unpaired) electrons. The Labute approximate surface area is 111 Å². The minimum Gasteiger partial charge on any atom is -0.224 e. The van der Waals surface area contributed by atoms with Crippen LogP contribution in [0.5, 0.6) is 0 Å². The number of unbranched alkanes of at least 4 members (excludes halogenated alkanes) is 5. The van der Waals surface area contributed by atoms with Gasteiger partial charge in [-0.2, -0.15) is 0 Å². The number of hydrogen-bond donors (Lipinski definition) is 0. The van der Waals surface area contributed by atoms with Crippen molar-refractivity contribution in [1.82, 2.24) is 0 Å². The molecule has 1 aromatic rings. The van der Waals surface area contributed by atoms with Gasteiger partial charge in [-0.05, 0) is 25.0 Å². The van der Waals surface area contributed by atoms with Crippen molar-refractivity contribution in [3.05, 3.63) is 36.8 Å². The van der Waals surface area contributed by atoms with Gasteiger partial charge in [0.2, 0.25) is 0 Å². The summed E-state index contributed by atoms with van der Waals surface area (Å²) in [6.07, 6.45) is 6.55. The highest BCUT2D eigenvalue weighted by Crippen LogP contribution is 2.17. The van der Waals surface area contributed by atoms with Crippen molar-refractivity contribution >= 4 is 9.84 Å². The fourth-order valence-electron chi connectivity index (χ4n) is 1.99. The maximum atomic E-state index is 12.1. The van der Waals surface area contributed by atoms with Gasteiger partial charge < -0.3 is 0 Å². The Balaban J connectivity index is 2.44. The SMILES string of the molecule is [CH2]c1ccccc1S(=O)(=O)CCCCCCCC. The molecule has 1 rings (SSSR count). The summed E-state index contributed by atoms with van der Waals surface area (Å²) < 4.78 is 24.2. The van der Waals surface area contributed by atoms with Gasteiger partial charge in [0.1, 0.15) is 0 Å². The summed E-state index contributed by atoms with van der Waals surface area (Å²) in [4.78, 5) is 0.388. The van der Waals surface area contributed by atoms with Crippen molar-refractivity contribution in [2.75, 3.05) is 5.75 Å². The van der Waals surface area contributed by atoms with Crippen molar-refractivity contribution in [3.8, 4) is 0 Å². The molecule has 0 bridgehead atoms. The molecule has 0 saturated carbocycles. The first-order valence-corrected chi connectivity index (χ1v) is 8.37. The van der Waals surface area contributed by atoms with Crippen LogP contribution in [0.2, 0.25) is 0 Å². The van der Waals surface area contributed by atoms with E-state index >= 15 is 0 Å². The van der Waals surface area contributed by atoms with Gasteiger partial charge in [-0.25, -0.2) is 8.42 Å². The first-order chi connectivity index (χ1) is 8.58. The highest BCUT2D eigenvalue weighted by atomic mass is 32.2. The lowest BCUT2D eigenvalue weighted by Crippen LogP contribution is -2.08. The van der Waals surface area contributed by atoms with Gasteiger partial charge in [-0.3, -0.25) is 0 Å². The maximum absolute atomic E-state index is 12.1. The minimum absolute atomic E-state index is 0.242. The summed E-state index contributed by atoms with van der Waals surface area (Å²) in [6.45, 7) is 5.95. The van der Waals surface area contributed by atoms with E-state index in [-0.39, 0.29) is 5.75 Å². The van der Waals surface area contributed by atoms with E-state index in [1.807, 2.05) is 6.07 Å². The van der Waals surface area contributed by atoms with Crippen molar-refractivity contribution in [3.63, 3.8) is 0 Å². The van der Waals surface area contributed by atoms with Crippen LogP contribution in [-0.2, 0) is 9.84 Å². The van der Waals surface area contributed by atoms with Crippen molar-refractivity contribution in [2.24, 2.45) is 0 Å². The molecule has 0 aliphatic carbocycles. The second-order valence-corrected chi connectivity index (χ2v) is 6.77. The minimum atomic E-state index is -3.15. The molecule has 1 aromatic carbocycles. The second-order valence-electron chi connectivity index (χ2n) is 4.69. The number of sulfone groups is 1. The number of rotatable bonds is 8. The smallest absolute Gasteiger partial charge is 0.178 e. The van der Waals surface area contributed by atoms with E-state index in [9.17, 15) is 8.42 Å². The first kappa shape index (κ1) is 15.2. The van der Waals surface area contributed by atoms with Crippen LogP contribution in [-0.4, -0.2) is 14.2 Å². The standard InChI is InChI=1S/C15H23O2S/c1-3-4-5-6-7-10-13-18(16,17)15-12-9-8-11-14(15)2/h8-9,11-12H,2-7,10,13H2,1H3. The largest absolute Gasteiger partial charge is 0.224 e. The summed E-state index contributed by atoms with van der Waals surface area (Å²) in [7, 11) is -3.15. The predicted molar refractivity (Wildman–Crippen MR) is 76.3 cm³/mol. The summed E-state index contributed by atoms with van der Waals surface area (Å²) in [5.74, 6) is 0.242.